The third kappa shape index (κ3) is 3.71. The minimum absolute atomic E-state index is 0.0788. The highest BCUT2D eigenvalue weighted by Gasteiger charge is 2.47. The number of hydrogen-bond acceptors (Lipinski definition) is 5. The third-order valence-corrected chi connectivity index (χ3v) is 6.19. The summed E-state index contributed by atoms with van der Waals surface area (Å²) in [7, 11) is 0. The highest BCUT2D eigenvalue weighted by molar-refractivity contribution is 6.05. The van der Waals surface area contributed by atoms with Crippen LogP contribution in [0.5, 0.6) is 0 Å². The predicted octanol–water partition coefficient (Wildman–Crippen LogP) is 3.60. The fourth-order valence-corrected chi connectivity index (χ4v) is 4.15. The molecule has 2 amide bonds. The molecule has 7 nitrogen and oxygen atoms in total. The molecule has 2 aromatic heterocycles. The Morgan fingerprint density at radius 1 is 1.25 bits per heavy atom. The van der Waals surface area contributed by atoms with Gasteiger partial charge in [0, 0.05) is 29.6 Å². The number of aromatic nitrogens is 2. The molecule has 32 heavy (non-hydrogen) atoms. The van der Waals surface area contributed by atoms with Crippen LogP contribution in [-0.2, 0) is 16.8 Å². The van der Waals surface area contributed by atoms with Gasteiger partial charge in [-0.1, -0.05) is 25.1 Å². The first-order chi connectivity index (χ1) is 15.3. The van der Waals surface area contributed by atoms with E-state index in [2.05, 4.69) is 20.6 Å². The maximum absolute atomic E-state index is 12.8. The van der Waals surface area contributed by atoms with Crippen LogP contribution in [0, 0.1) is 18.3 Å². The first-order valence-electron chi connectivity index (χ1n) is 10.4. The van der Waals surface area contributed by atoms with E-state index in [1.807, 2.05) is 57.2 Å². The molecule has 7 heteroatoms. The number of carbonyl (C=O) groups excluding carboxylic acids is 2. The molecular formula is C25H23N5O2. The molecule has 0 spiro atoms. The Labute approximate surface area is 186 Å². The highest BCUT2D eigenvalue weighted by atomic mass is 16.2. The van der Waals surface area contributed by atoms with Gasteiger partial charge in [-0.15, -0.1) is 0 Å². The van der Waals surface area contributed by atoms with Crippen molar-refractivity contribution in [2.75, 3.05) is 5.32 Å². The molecule has 2 atom stereocenters. The normalized spacial score (nSPS) is 17.8. The molecule has 0 fully saturated rings. The zero-order valence-corrected chi connectivity index (χ0v) is 18.1. The van der Waals surface area contributed by atoms with Crippen molar-refractivity contribution >= 4 is 17.6 Å². The summed E-state index contributed by atoms with van der Waals surface area (Å²) in [5.41, 5.74) is 3.49. The molecule has 3 aromatic rings. The average molecular weight is 425 g/mol. The Morgan fingerprint density at radius 2 is 2.00 bits per heavy atom. The van der Waals surface area contributed by atoms with Gasteiger partial charge in [0.05, 0.1) is 5.41 Å². The van der Waals surface area contributed by atoms with Crippen LogP contribution in [-0.4, -0.2) is 21.8 Å². The van der Waals surface area contributed by atoms with Crippen LogP contribution >= 0.6 is 0 Å². The van der Waals surface area contributed by atoms with E-state index in [9.17, 15) is 9.59 Å². The number of anilines is 1. The summed E-state index contributed by atoms with van der Waals surface area (Å²) in [6.07, 6.45) is 1.66. The van der Waals surface area contributed by atoms with Crippen LogP contribution < -0.4 is 10.6 Å². The molecule has 3 heterocycles. The molecule has 1 aliphatic rings. The van der Waals surface area contributed by atoms with E-state index >= 15 is 0 Å². The van der Waals surface area contributed by atoms with Crippen LogP contribution in [0.3, 0.4) is 0 Å². The second-order valence-electron chi connectivity index (χ2n) is 8.20. The van der Waals surface area contributed by atoms with Crippen molar-refractivity contribution in [3.8, 4) is 6.07 Å². The molecule has 0 bridgehead atoms. The second-order valence-corrected chi connectivity index (χ2v) is 8.20. The molecule has 4 rings (SSSR count). The molecule has 1 aromatic carbocycles. The van der Waals surface area contributed by atoms with Crippen molar-refractivity contribution in [3.63, 3.8) is 0 Å². The number of aryl methyl sites for hydroxylation is 1. The SMILES string of the molecule is Cc1cc(CNC(=O)c2ccc([C@@H](C)[C@@]3(C)C(=O)Nc4ncccc43)cc2)cc(C#N)n1. The van der Waals surface area contributed by atoms with Crippen LogP contribution in [0.15, 0.2) is 54.7 Å². The van der Waals surface area contributed by atoms with Gasteiger partial charge in [0.25, 0.3) is 5.91 Å². The van der Waals surface area contributed by atoms with Crippen molar-refractivity contribution in [1.82, 2.24) is 15.3 Å². The lowest BCUT2D eigenvalue weighted by atomic mass is 9.71. The fourth-order valence-electron chi connectivity index (χ4n) is 4.15. The Kier molecular flexibility index (Phi) is 5.45. The first-order valence-corrected chi connectivity index (χ1v) is 10.4. The molecule has 160 valence electrons. The quantitative estimate of drug-likeness (QED) is 0.649. The number of amides is 2. The van der Waals surface area contributed by atoms with Gasteiger partial charge >= 0.3 is 0 Å². The van der Waals surface area contributed by atoms with Gasteiger partial charge in [-0.25, -0.2) is 9.97 Å². The van der Waals surface area contributed by atoms with Gasteiger partial charge in [-0.3, -0.25) is 9.59 Å². The number of nitrogens with zero attached hydrogens (tertiary/aromatic N) is 3. The Morgan fingerprint density at radius 3 is 2.72 bits per heavy atom. The number of fused-ring (bicyclic) bond motifs is 1. The van der Waals surface area contributed by atoms with E-state index < -0.39 is 5.41 Å². The molecule has 1 aliphatic heterocycles. The van der Waals surface area contributed by atoms with E-state index in [4.69, 9.17) is 5.26 Å². The van der Waals surface area contributed by atoms with Gasteiger partial charge < -0.3 is 10.6 Å². The van der Waals surface area contributed by atoms with Gasteiger partial charge in [0.15, 0.2) is 0 Å². The standard InChI is InChI=1S/C25H23N5O2/c1-15-11-17(12-20(13-26)29-15)14-28-23(31)19-8-6-18(7-9-19)16(2)25(3)21-5-4-10-27-22(21)30-24(25)32/h4-12,16H,14H2,1-3H3,(H,28,31)(H,27,30,32)/t16-,25-/m1/s1. The molecule has 0 radical (unpaired) electrons. The monoisotopic (exact) mass is 425 g/mol. The maximum Gasteiger partial charge on any atom is 0.251 e. The van der Waals surface area contributed by atoms with Crippen molar-refractivity contribution in [1.29, 1.82) is 5.26 Å². The smallest absolute Gasteiger partial charge is 0.251 e. The Bertz CT molecular complexity index is 1250. The van der Waals surface area contributed by atoms with E-state index in [1.54, 1.807) is 24.4 Å². The molecule has 0 saturated heterocycles. The van der Waals surface area contributed by atoms with E-state index in [0.717, 1.165) is 22.4 Å². The maximum atomic E-state index is 12.8. The molecular weight excluding hydrogens is 402 g/mol. The molecule has 0 saturated carbocycles. The fraction of sp³-hybridized carbons (Fsp3) is 0.240. The summed E-state index contributed by atoms with van der Waals surface area (Å²) < 4.78 is 0. The van der Waals surface area contributed by atoms with Crippen molar-refractivity contribution < 1.29 is 9.59 Å². The third-order valence-electron chi connectivity index (χ3n) is 6.19. The van der Waals surface area contributed by atoms with Gasteiger partial charge in [0.2, 0.25) is 5.91 Å². The number of benzene rings is 1. The predicted molar refractivity (Wildman–Crippen MR) is 120 cm³/mol. The summed E-state index contributed by atoms with van der Waals surface area (Å²) in [6.45, 7) is 6.05. The van der Waals surface area contributed by atoms with Crippen molar-refractivity contribution in [2.24, 2.45) is 0 Å². The van der Waals surface area contributed by atoms with Gasteiger partial charge in [0.1, 0.15) is 17.6 Å². The number of carbonyl (C=O) groups is 2. The van der Waals surface area contributed by atoms with Crippen LogP contribution in [0.4, 0.5) is 5.82 Å². The first kappa shape index (κ1) is 21.2. The summed E-state index contributed by atoms with van der Waals surface area (Å²) in [5, 5.41) is 14.8. The Hall–Kier alpha value is -4.05. The summed E-state index contributed by atoms with van der Waals surface area (Å²) in [6, 6.07) is 16.6. The van der Waals surface area contributed by atoms with Gasteiger partial charge in [-0.05, 0) is 61.2 Å². The molecule has 0 aliphatic carbocycles. The topological polar surface area (TPSA) is 108 Å². The average Bonchev–Trinajstić information content (AvgIpc) is 3.07. The number of hydrogen-bond donors (Lipinski definition) is 2. The van der Waals surface area contributed by atoms with E-state index in [1.165, 1.54) is 0 Å². The number of pyridine rings is 2. The van der Waals surface area contributed by atoms with Crippen molar-refractivity contribution in [2.45, 2.75) is 38.6 Å². The lowest BCUT2D eigenvalue weighted by molar-refractivity contribution is -0.120. The van der Waals surface area contributed by atoms with Gasteiger partial charge in [-0.2, -0.15) is 5.26 Å². The Balaban J connectivity index is 1.48. The van der Waals surface area contributed by atoms with Crippen LogP contribution in [0.25, 0.3) is 0 Å². The summed E-state index contributed by atoms with van der Waals surface area (Å²) in [5.74, 6) is 0.199. The number of rotatable bonds is 5. The van der Waals surface area contributed by atoms with Crippen molar-refractivity contribution in [3.05, 3.63) is 88.4 Å². The second kappa shape index (κ2) is 8.23. The highest BCUT2D eigenvalue weighted by Crippen LogP contribution is 2.45. The molecule has 2 N–H and O–H groups in total. The summed E-state index contributed by atoms with van der Waals surface area (Å²) >= 11 is 0. The zero-order chi connectivity index (χ0) is 22.9. The summed E-state index contributed by atoms with van der Waals surface area (Å²) in [4.78, 5) is 33.8. The number of nitriles is 1. The van der Waals surface area contributed by atoms with Crippen LogP contribution in [0.2, 0.25) is 0 Å². The molecule has 0 unspecified atom stereocenters. The zero-order valence-electron chi connectivity index (χ0n) is 18.1. The lowest BCUT2D eigenvalue weighted by Gasteiger charge is -2.30. The van der Waals surface area contributed by atoms with E-state index in [-0.39, 0.29) is 17.7 Å². The largest absolute Gasteiger partial charge is 0.348 e. The minimum Gasteiger partial charge on any atom is -0.348 e. The minimum atomic E-state index is -0.745. The van der Waals surface area contributed by atoms with Crippen LogP contribution in [0.1, 0.15) is 58.2 Å². The number of nitrogens with one attached hydrogen (secondary N) is 2. The lowest BCUT2D eigenvalue weighted by Crippen LogP contribution is -2.36. The van der Waals surface area contributed by atoms with E-state index in [0.29, 0.717) is 23.6 Å².